The lowest BCUT2D eigenvalue weighted by molar-refractivity contribution is 0.669. The molecule has 260 valence electrons. The molecule has 0 amide bonds. The third kappa shape index (κ3) is 4.37. The molecule has 0 aliphatic heterocycles. The Morgan fingerprint density at radius 1 is 0.321 bits per heavy atom. The number of fused-ring (bicyclic) bond motifs is 10. The van der Waals surface area contributed by atoms with Crippen molar-refractivity contribution in [3.63, 3.8) is 0 Å². The second-order valence-electron chi connectivity index (χ2n) is 15.2. The molecule has 0 atom stereocenters. The van der Waals surface area contributed by atoms with E-state index in [1.807, 2.05) is 0 Å². The normalized spacial score (nSPS) is 13.1. The monoisotopic (exact) mass is 710 g/mol. The van der Waals surface area contributed by atoms with E-state index in [0.29, 0.717) is 0 Å². The zero-order valence-electron chi connectivity index (χ0n) is 30.5. The molecule has 56 heavy (non-hydrogen) atoms. The molecule has 0 radical (unpaired) electrons. The fourth-order valence-corrected chi connectivity index (χ4v) is 9.87. The van der Waals surface area contributed by atoms with E-state index in [-0.39, 0.29) is 0 Å². The molecule has 0 N–H and O–H groups in total. The molecule has 10 aromatic carbocycles. The van der Waals surface area contributed by atoms with Crippen molar-refractivity contribution in [2.75, 3.05) is 0 Å². The standard InChI is InChI=1S/C55H34O/c1-3-17-41(18-4-1)55(42-19-5-2-6-20-42)49-30-29-45-43(39-26-25-35-13-7-8-14-36(35)31-39)21-11-23-46(45)53(49)47-28-27-40(33-50(47)55)44-22-12-24-51-54(44)48-32-37-15-9-10-16-38(37)34-52(48)56-51/h1-34H. The molecule has 0 fully saturated rings. The molecule has 0 bridgehead atoms. The zero-order chi connectivity index (χ0) is 36.8. The van der Waals surface area contributed by atoms with Gasteiger partial charge in [0, 0.05) is 10.8 Å². The summed E-state index contributed by atoms with van der Waals surface area (Å²) in [6.45, 7) is 0. The Kier molecular flexibility index (Phi) is 6.62. The summed E-state index contributed by atoms with van der Waals surface area (Å²) in [5, 5.41) is 9.72. The lowest BCUT2D eigenvalue weighted by Gasteiger charge is -2.34. The van der Waals surface area contributed by atoms with Crippen LogP contribution >= 0.6 is 0 Å². The summed E-state index contributed by atoms with van der Waals surface area (Å²) in [6.07, 6.45) is 0. The van der Waals surface area contributed by atoms with Gasteiger partial charge in [0.1, 0.15) is 11.2 Å². The van der Waals surface area contributed by atoms with Crippen LogP contribution in [-0.2, 0) is 5.41 Å². The van der Waals surface area contributed by atoms with E-state index in [4.69, 9.17) is 4.42 Å². The molecule has 1 aliphatic rings. The maximum Gasteiger partial charge on any atom is 0.136 e. The van der Waals surface area contributed by atoms with E-state index in [2.05, 4.69) is 206 Å². The molecule has 0 spiro atoms. The van der Waals surface area contributed by atoms with Crippen molar-refractivity contribution in [1.29, 1.82) is 0 Å². The van der Waals surface area contributed by atoms with Crippen molar-refractivity contribution in [1.82, 2.24) is 0 Å². The Bertz CT molecular complexity index is 3310. The van der Waals surface area contributed by atoms with E-state index >= 15 is 0 Å². The Hall–Kier alpha value is -7.22. The average molecular weight is 711 g/mol. The zero-order valence-corrected chi connectivity index (χ0v) is 30.5. The number of furan rings is 1. The Balaban J connectivity index is 1.16. The topological polar surface area (TPSA) is 13.1 Å². The highest BCUT2D eigenvalue weighted by atomic mass is 16.3. The minimum absolute atomic E-state index is 0.543. The minimum Gasteiger partial charge on any atom is -0.456 e. The lowest BCUT2D eigenvalue weighted by atomic mass is 9.67. The highest BCUT2D eigenvalue weighted by molar-refractivity contribution is 6.16. The first-order valence-corrected chi connectivity index (χ1v) is 19.4. The molecule has 0 saturated carbocycles. The molecule has 1 heteroatoms. The first-order chi connectivity index (χ1) is 27.8. The van der Waals surface area contributed by atoms with Crippen molar-refractivity contribution in [3.8, 4) is 33.4 Å². The van der Waals surface area contributed by atoms with Gasteiger partial charge in [-0.2, -0.15) is 0 Å². The van der Waals surface area contributed by atoms with Gasteiger partial charge in [0.2, 0.25) is 0 Å². The number of hydrogen-bond donors (Lipinski definition) is 0. The van der Waals surface area contributed by atoms with E-state index in [0.717, 1.165) is 21.9 Å². The van der Waals surface area contributed by atoms with Crippen molar-refractivity contribution in [2.45, 2.75) is 5.41 Å². The van der Waals surface area contributed by atoms with Gasteiger partial charge in [-0.25, -0.2) is 0 Å². The first kappa shape index (κ1) is 31.2. The largest absolute Gasteiger partial charge is 0.456 e. The summed E-state index contributed by atoms with van der Waals surface area (Å²) in [4.78, 5) is 0. The van der Waals surface area contributed by atoms with Crippen LogP contribution in [0.2, 0.25) is 0 Å². The maximum atomic E-state index is 6.57. The van der Waals surface area contributed by atoms with Crippen LogP contribution < -0.4 is 0 Å². The second kappa shape index (κ2) is 11.9. The molecular weight excluding hydrogens is 677 g/mol. The summed E-state index contributed by atoms with van der Waals surface area (Å²) < 4.78 is 6.57. The lowest BCUT2D eigenvalue weighted by Crippen LogP contribution is -2.28. The van der Waals surface area contributed by atoms with E-state index in [1.165, 1.54) is 88.0 Å². The summed E-state index contributed by atoms with van der Waals surface area (Å²) in [6, 6.07) is 76.0. The summed E-state index contributed by atoms with van der Waals surface area (Å²) in [7, 11) is 0. The molecule has 12 rings (SSSR count). The van der Waals surface area contributed by atoms with Gasteiger partial charge in [0.05, 0.1) is 5.41 Å². The maximum absolute atomic E-state index is 6.57. The van der Waals surface area contributed by atoms with Gasteiger partial charge >= 0.3 is 0 Å². The van der Waals surface area contributed by atoms with Gasteiger partial charge in [0.15, 0.2) is 0 Å². The molecule has 0 saturated heterocycles. The minimum atomic E-state index is -0.543. The number of hydrogen-bond acceptors (Lipinski definition) is 1. The van der Waals surface area contributed by atoms with Crippen LogP contribution in [-0.4, -0.2) is 0 Å². The van der Waals surface area contributed by atoms with Gasteiger partial charge in [-0.3, -0.25) is 0 Å². The summed E-state index contributed by atoms with van der Waals surface area (Å²) in [5.74, 6) is 0. The van der Waals surface area contributed by atoms with Crippen molar-refractivity contribution in [2.24, 2.45) is 0 Å². The van der Waals surface area contributed by atoms with Gasteiger partial charge in [0.25, 0.3) is 0 Å². The Labute approximate surface area is 324 Å². The molecule has 0 unspecified atom stereocenters. The fraction of sp³-hybridized carbons (Fsp3) is 0.0182. The smallest absolute Gasteiger partial charge is 0.136 e. The molecular formula is C55H34O. The number of benzene rings is 10. The number of rotatable bonds is 4. The summed E-state index contributed by atoms with van der Waals surface area (Å²) in [5.41, 5.74) is 13.8. The third-order valence-electron chi connectivity index (χ3n) is 12.3. The second-order valence-corrected chi connectivity index (χ2v) is 15.2. The average Bonchev–Trinajstić information content (AvgIpc) is 3.78. The highest BCUT2D eigenvalue weighted by Gasteiger charge is 2.47. The van der Waals surface area contributed by atoms with Gasteiger partial charge < -0.3 is 4.42 Å². The van der Waals surface area contributed by atoms with E-state index in [9.17, 15) is 0 Å². The van der Waals surface area contributed by atoms with Crippen LogP contribution in [0, 0.1) is 0 Å². The third-order valence-corrected chi connectivity index (χ3v) is 12.3. The molecule has 1 aromatic heterocycles. The Morgan fingerprint density at radius 2 is 0.946 bits per heavy atom. The summed E-state index contributed by atoms with van der Waals surface area (Å²) >= 11 is 0. The first-order valence-electron chi connectivity index (χ1n) is 19.4. The predicted molar refractivity (Wildman–Crippen MR) is 234 cm³/mol. The molecule has 1 nitrogen and oxygen atoms in total. The van der Waals surface area contributed by atoms with Crippen LogP contribution in [0.5, 0.6) is 0 Å². The predicted octanol–water partition coefficient (Wildman–Crippen LogP) is 14.7. The Morgan fingerprint density at radius 3 is 1.71 bits per heavy atom. The molecule has 11 aromatic rings. The molecule has 1 heterocycles. The fourth-order valence-electron chi connectivity index (χ4n) is 9.87. The van der Waals surface area contributed by atoms with Crippen molar-refractivity contribution in [3.05, 3.63) is 229 Å². The highest BCUT2D eigenvalue weighted by Crippen LogP contribution is 2.59. The van der Waals surface area contributed by atoms with E-state index < -0.39 is 5.41 Å². The van der Waals surface area contributed by atoms with Crippen LogP contribution in [0.15, 0.2) is 211 Å². The van der Waals surface area contributed by atoms with Crippen molar-refractivity contribution >= 4 is 54.3 Å². The van der Waals surface area contributed by atoms with Crippen LogP contribution in [0.25, 0.3) is 87.6 Å². The van der Waals surface area contributed by atoms with Crippen molar-refractivity contribution < 1.29 is 4.42 Å². The van der Waals surface area contributed by atoms with Crippen LogP contribution in [0.3, 0.4) is 0 Å². The van der Waals surface area contributed by atoms with Gasteiger partial charge in [-0.1, -0.05) is 176 Å². The van der Waals surface area contributed by atoms with Crippen LogP contribution in [0.1, 0.15) is 22.3 Å². The van der Waals surface area contributed by atoms with Gasteiger partial charge in [-0.05, 0) is 118 Å². The SMILES string of the molecule is c1ccc(C2(c3ccccc3)c3cc(-c4cccc5oc6cc7ccccc7cc6c45)ccc3-c3c2ccc2c(-c4ccc5ccccc5c4)cccc32)cc1. The van der Waals surface area contributed by atoms with Crippen LogP contribution in [0.4, 0.5) is 0 Å². The van der Waals surface area contributed by atoms with Gasteiger partial charge in [-0.15, -0.1) is 0 Å². The quantitative estimate of drug-likeness (QED) is 0.177. The molecule has 1 aliphatic carbocycles. The van der Waals surface area contributed by atoms with E-state index in [1.54, 1.807) is 0 Å².